The summed E-state index contributed by atoms with van der Waals surface area (Å²) in [5.41, 5.74) is 1.02. The van der Waals surface area contributed by atoms with Crippen molar-refractivity contribution in [3.8, 4) is 5.75 Å². The Kier molecular flexibility index (Phi) is 11.0. The van der Waals surface area contributed by atoms with Crippen LogP contribution < -0.4 is 14.4 Å². The molecule has 3 rings (SSSR count). The smallest absolute Gasteiger partial charge is 0.264 e. The van der Waals surface area contributed by atoms with Crippen LogP contribution in [0.3, 0.4) is 0 Å². The molecular formula is C30H36ClN3O5S. The van der Waals surface area contributed by atoms with Crippen molar-refractivity contribution in [2.45, 2.75) is 45.2 Å². The highest BCUT2D eigenvalue weighted by atomic mass is 35.5. The van der Waals surface area contributed by atoms with E-state index in [9.17, 15) is 18.0 Å². The molecule has 40 heavy (non-hydrogen) atoms. The standard InChI is InChI=1S/C30H36ClN3O5S/c1-5-39-28-14-10-9-13-27(28)34(40(37,38)26-17-15-25(31)16-18-26)21-29(35)33(20-24-11-7-6-8-12-24)23(4)30(36)32-19-22(2)3/h6-18,22-23H,5,19-21H2,1-4H3,(H,32,36). The molecule has 0 fully saturated rings. The molecule has 0 radical (unpaired) electrons. The first-order valence-electron chi connectivity index (χ1n) is 13.2. The van der Waals surface area contributed by atoms with E-state index in [1.807, 2.05) is 44.2 Å². The third-order valence-electron chi connectivity index (χ3n) is 6.16. The Bertz CT molecular complexity index is 1380. The number of carbonyl (C=O) groups is 2. The molecule has 0 saturated heterocycles. The molecule has 1 atom stereocenters. The van der Waals surface area contributed by atoms with Crippen LogP contribution in [0, 0.1) is 5.92 Å². The van der Waals surface area contributed by atoms with Crippen molar-refractivity contribution < 1.29 is 22.7 Å². The third kappa shape index (κ3) is 7.99. The highest BCUT2D eigenvalue weighted by Crippen LogP contribution is 2.33. The lowest BCUT2D eigenvalue weighted by Gasteiger charge is -2.32. The number of rotatable bonds is 13. The van der Waals surface area contributed by atoms with Gasteiger partial charge in [0.25, 0.3) is 10.0 Å². The first-order chi connectivity index (χ1) is 19.0. The molecule has 3 aromatic carbocycles. The zero-order valence-corrected chi connectivity index (χ0v) is 24.8. The second kappa shape index (κ2) is 14.2. The van der Waals surface area contributed by atoms with E-state index in [4.69, 9.17) is 16.3 Å². The quantitative estimate of drug-likeness (QED) is 0.300. The average molecular weight is 586 g/mol. The van der Waals surface area contributed by atoms with Crippen molar-refractivity contribution in [1.29, 1.82) is 0 Å². The van der Waals surface area contributed by atoms with Gasteiger partial charge in [0.05, 0.1) is 17.2 Å². The van der Waals surface area contributed by atoms with Gasteiger partial charge in [-0.3, -0.25) is 13.9 Å². The number of sulfonamides is 1. The Morgan fingerprint density at radius 1 is 0.925 bits per heavy atom. The second-order valence-corrected chi connectivity index (χ2v) is 12.0. The van der Waals surface area contributed by atoms with Gasteiger partial charge in [0, 0.05) is 18.1 Å². The summed E-state index contributed by atoms with van der Waals surface area (Å²) in [7, 11) is -4.23. The molecule has 0 saturated carbocycles. The summed E-state index contributed by atoms with van der Waals surface area (Å²) in [5, 5.41) is 3.26. The SMILES string of the molecule is CCOc1ccccc1N(CC(=O)N(Cc1ccccc1)C(C)C(=O)NCC(C)C)S(=O)(=O)c1ccc(Cl)cc1. The van der Waals surface area contributed by atoms with E-state index < -0.39 is 28.5 Å². The average Bonchev–Trinajstić information content (AvgIpc) is 2.94. The number of benzene rings is 3. The predicted molar refractivity (Wildman–Crippen MR) is 158 cm³/mol. The number of para-hydroxylation sites is 2. The van der Waals surface area contributed by atoms with Gasteiger partial charge < -0.3 is 15.0 Å². The minimum absolute atomic E-state index is 0.0339. The fraction of sp³-hybridized carbons (Fsp3) is 0.333. The molecule has 0 heterocycles. The maximum absolute atomic E-state index is 14.0. The lowest BCUT2D eigenvalue weighted by atomic mass is 10.1. The van der Waals surface area contributed by atoms with Gasteiger partial charge in [-0.05, 0) is 61.7 Å². The number of nitrogens with zero attached hydrogens (tertiary/aromatic N) is 2. The van der Waals surface area contributed by atoms with Crippen LogP contribution in [-0.2, 0) is 26.2 Å². The molecule has 0 spiro atoms. The van der Waals surface area contributed by atoms with Gasteiger partial charge >= 0.3 is 0 Å². The summed E-state index contributed by atoms with van der Waals surface area (Å²) in [6.45, 7) is 7.71. The topological polar surface area (TPSA) is 96.0 Å². The molecule has 0 aromatic heterocycles. The van der Waals surface area contributed by atoms with E-state index in [0.717, 1.165) is 9.87 Å². The molecule has 3 aromatic rings. The predicted octanol–water partition coefficient (Wildman–Crippen LogP) is 5.12. The van der Waals surface area contributed by atoms with Crippen LogP contribution in [0.4, 0.5) is 5.69 Å². The zero-order valence-electron chi connectivity index (χ0n) is 23.2. The number of hydrogen-bond donors (Lipinski definition) is 1. The summed E-state index contributed by atoms with van der Waals surface area (Å²) in [6, 6.07) is 20.8. The Morgan fingerprint density at radius 2 is 1.55 bits per heavy atom. The molecule has 0 aliphatic rings. The Balaban J connectivity index is 2.05. The molecule has 8 nitrogen and oxygen atoms in total. The van der Waals surface area contributed by atoms with Crippen LogP contribution >= 0.6 is 11.6 Å². The van der Waals surface area contributed by atoms with Gasteiger partial charge in [0.15, 0.2) is 0 Å². The molecule has 0 aliphatic heterocycles. The first-order valence-corrected chi connectivity index (χ1v) is 15.0. The highest BCUT2D eigenvalue weighted by molar-refractivity contribution is 7.92. The second-order valence-electron chi connectivity index (χ2n) is 9.69. The number of amides is 2. The summed E-state index contributed by atoms with van der Waals surface area (Å²) in [6.07, 6.45) is 0. The Labute approximate surface area is 241 Å². The van der Waals surface area contributed by atoms with Crippen LogP contribution in [0.5, 0.6) is 5.75 Å². The highest BCUT2D eigenvalue weighted by Gasteiger charge is 2.33. The van der Waals surface area contributed by atoms with E-state index >= 15 is 0 Å². The number of hydrogen-bond acceptors (Lipinski definition) is 5. The third-order valence-corrected chi connectivity index (χ3v) is 8.19. The van der Waals surface area contributed by atoms with Gasteiger partial charge in [0.2, 0.25) is 11.8 Å². The maximum Gasteiger partial charge on any atom is 0.264 e. The summed E-state index contributed by atoms with van der Waals surface area (Å²) < 4.78 is 34.7. The number of carbonyl (C=O) groups excluding carboxylic acids is 2. The van der Waals surface area contributed by atoms with Crippen molar-refractivity contribution in [3.05, 3.63) is 89.4 Å². The van der Waals surface area contributed by atoms with Gasteiger partial charge in [-0.1, -0.05) is 67.9 Å². The van der Waals surface area contributed by atoms with E-state index in [2.05, 4.69) is 5.32 Å². The summed E-state index contributed by atoms with van der Waals surface area (Å²) in [5.74, 6) is -0.322. The summed E-state index contributed by atoms with van der Waals surface area (Å²) in [4.78, 5) is 28.4. The largest absolute Gasteiger partial charge is 0.492 e. The van der Waals surface area contributed by atoms with E-state index in [1.54, 1.807) is 38.1 Å². The molecule has 1 unspecified atom stereocenters. The number of anilines is 1. The van der Waals surface area contributed by atoms with Crippen LogP contribution in [0.1, 0.15) is 33.3 Å². The minimum atomic E-state index is -4.23. The molecule has 0 bridgehead atoms. The van der Waals surface area contributed by atoms with Crippen molar-refractivity contribution in [2.24, 2.45) is 5.92 Å². The van der Waals surface area contributed by atoms with E-state index in [1.165, 1.54) is 29.2 Å². The molecule has 2 amide bonds. The molecule has 0 aliphatic carbocycles. The lowest BCUT2D eigenvalue weighted by molar-refractivity contribution is -0.139. The minimum Gasteiger partial charge on any atom is -0.492 e. The normalized spacial score (nSPS) is 12.1. The van der Waals surface area contributed by atoms with Gasteiger partial charge in [0.1, 0.15) is 18.3 Å². The van der Waals surface area contributed by atoms with Crippen molar-refractivity contribution in [3.63, 3.8) is 0 Å². The number of halogens is 1. The van der Waals surface area contributed by atoms with Gasteiger partial charge in [-0.25, -0.2) is 8.42 Å². The Morgan fingerprint density at radius 3 is 2.17 bits per heavy atom. The van der Waals surface area contributed by atoms with Crippen LogP contribution in [0.25, 0.3) is 0 Å². The number of nitrogens with one attached hydrogen (secondary N) is 1. The molecule has 214 valence electrons. The van der Waals surface area contributed by atoms with Crippen LogP contribution in [0.2, 0.25) is 5.02 Å². The lowest BCUT2D eigenvalue weighted by Crippen LogP contribution is -2.51. The van der Waals surface area contributed by atoms with Gasteiger partial charge in [-0.2, -0.15) is 0 Å². The first kappa shape index (κ1) is 31.0. The fourth-order valence-electron chi connectivity index (χ4n) is 4.00. The summed E-state index contributed by atoms with van der Waals surface area (Å²) >= 11 is 6.01. The molecule has 1 N–H and O–H groups in total. The Hall–Kier alpha value is -3.56. The van der Waals surface area contributed by atoms with Crippen molar-refractivity contribution in [1.82, 2.24) is 10.2 Å². The monoisotopic (exact) mass is 585 g/mol. The van der Waals surface area contributed by atoms with Crippen LogP contribution in [0.15, 0.2) is 83.8 Å². The van der Waals surface area contributed by atoms with Gasteiger partial charge in [-0.15, -0.1) is 0 Å². The fourth-order valence-corrected chi connectivity index (χ4v) is 5.55. The van der Waals surface area contributed by atoms with Crippen LogP contribution in [-0.4, -0.2) is 50.9 Å². The van der Waals surface area contributed by atoms with E-state index in [-0.39, 0.29) is 29.0 Å². The van der Waals surface area contributed by atoms with Crippen molar-refractivity contribution >= 4 is 39.1 Å². The van der Waals surface area contributed by atoms with E-state index in [0.29, 0.717) is 23.9 Å². The molecular weight excluding hydrogens is 550 g/mol. The zero-order chi connectivity index (χ0) is 29.3. The number of ether oxygens (including phenoxy) is 1. The maximum atomic E-state index is 14.0. The van der Waals surface area contributed by atoms with Crippen molar-refractivity contribution in [2.75, 3.05) is 24.0 Å². The molecule has 10 heteroatoms.